The standard InChI is InChI=1S/C23H24FNO3.ClH/c24-20-7-3-6-19(12-20)23-15-25(10-11-27-23)14-21(26)16-28-22-9-8-17-4-1-2-5-18(17)13-22;/h1-9,12-13,21,23,26H,10-11,14-16H2;1H. The number of halogens is 2. The first-order valence-corrected chi connectivity index (χ1v) is 9.56. The highest BCUT2D eigenvalue weighted by Crippen LogP contribution is 2.23. The van der Waals surface area contributed by atoms with Gasteiger partial charge in [-0.25, -0.2) is 4.39 Å². The van der Waals surface area contributed by atoms with E-state index < -0.39 is 6.10 Å². The summed E-state index contributed by atoms with van der Waals surface area (Å²) in [6.07, 6.45) is -0.796. The molecule has 3 aromatic rings. The third kappa shape index (κ3) is 5.67. The maximum atomic E-state index is 13.5. The number of hydrogen-bond donors (Lipinski definition) is 1. The summed E-state index contributed by atoms with van der Waals surface area (Å²) < 4.78 is 25.0. The number of rotatable bonds is 6. The van der Waals surface area contributed by atoms with Gasteiger partial charge >= 0.3 is 0 Å². The van der Waals surface area contributed by atoms with Crippen molar-refractivity contribution in [2.75, 3.05) is 32.8 Å². The number of nitrogens with zero attached hydrogens (tertiary/aromatic N) is 1. The van der Waals surface area contributed by atoms with Gasteiger partial charge in [0.15, 0.2) is 0 Å². The van der Waals surface area contributed by atoms with Gasteiger partial charge in [-0.1, -0.05) is 42.5 Å². The van der Waals surface area contributed by atoms with Crippen LogP contribution in [0.2, 0.25) is 0 Å². The highest BCUT2D eigenvalue weighted by Gasteiger charge is 2.24. The molecule has 1 heterocycles. The summed E-state index contributed by atoms with van der Waals surface area (Å²) in [6.45, 7) is 2.62. The van der Waals surface area contributed by atoms with Crippen LogP contribution >= 0.6 is 12.4 Å². The molecule has 1 saturated heterocycles. The molecule has 1 fully saturated rings. The van der Waals surface area contributed by atoms with Crippen LogP contribution in [0.1, 0.15) is 11.7 Å². The lowest BCUT2D eigenvalue weighted by Gasteiger charge is -2.34. The zero-order valence-corrected chi connectivity index (χ0v) is 16.9. The lowest BCUT2D eigenvalue weighted by atomic mass is 10.1. The summed E-state index contributed by atoms with van der Waals surface area (Å²) in [6, 6.07) is 20.5. The Bertz CT molecular complexity index is 939. The van der Waals surface area contributed by atoms with E-state index in [0.717, 1.165) is 28.6 Å². The second kappa shape index (κ2) is 10.0. The van der Waals surface area contributed by atoms with Gasteiger partial charge in [-0.3, -0.25) is 4.90 Å². The molecular formula is C23H25ClFNO3. The molecule has 0 saturated carbocycles. The summed E-state index contributed by atoms with van der Waals surface area (Å²) in [5.41, 5.74) is 0.826. The molecule has 2 unspecified atom stereocenters. The third-order valence-electron chi connectivity index (χ3n) is 5.00. The Morgan fingerprint density at radius 3 is 2.72 bits per heavy atom. The Hall–Kier alpha value is -2.18. The van der Waals surface area contributed by atoms with Crippen LogP contribution in [0.3, 0.4) is 0 Å². The van der Waals surface area contributed by atoms with Crippen LogP contribution in [-0.2, 0) is 4.74 Å². The van der Waals surface area contributed by atoms with Crippen LogP contribution in [0, 0.1) is 5.82 Å². The van der Waals surface area contributed by atoms with Crippen molar-refractivity contribution in [2.45, 2.75) is 12.2 Å². The van der Waals surface area contributed by atoms with Crippen molar-refractivity contribution in [3.05, 3.63) is 78.1 Å². The minimum atomic E-state index is -0.613. The van der Waals surface area contributed by atoms with Crippen LogP contribution in [0.4, 0.5) is 4.39 Å². The molecule has 29 heavy (non-hydrogen) atoms. The average Bonchev–Trinajstić information content (AvgIpc) is 2.72. The van der Waals surface area contributed by atoms with E-state index in [0.29, 0.717) is 19.7 Å². The Balaban J connectivity index is 0.00000240. The summed E-state index contributed by atoms with van der Waals surface area (Å²) in [4.78, 5) is 2.13. The van der Waals surface area contributed by atoms with Crippen LogP contribution in [0.15, 0.2) is 66.7 Å². The summed E-state index contributed by atoms with van der Waals surface area (Å²) in [5.74, 6) is 0.486. The topological polar surface area (TPSA) is 41.9 Å². The second-order valence-electron chi connectivity index (χ2n) is 7.15. The smallest absolute Gasteiger partial charge is 0.123 e. The minimum Gasteiger partial charge on any atom is -0.491 e. The van der Waals surface area contributed by atoms with Crippen molar-refractivity contribution in [1.29, 1.82) is 0 Å². The van der Waals surface area contributed by atoms with Gasteiger partial charge in [-0.2, -0.15) is 0 Å². The zero-order chi connectivity index (χ0) is 19.3. The molecule has 0 radical (unpaired) electrons. The van der Waals surface area contributed by atoms with Gasteiger partial charge in [0.2, 0.25) is 0 Å². The first-order chi connectivity index (χ1) is 13.7. The average molecular weight is 418 g/mol. The van der Waals surface area contributed by atoms with Crippen LogP contribution < -0.4 is 4.74 Å². The number of β-amino-alcohol motifs (C(OH)–C–C–N with tert-alkyl or cyclic N) is 1. The fourth-order valence-electron chi connectivity index (χ4n) is 3.58. The van der Waals surface area contributed by atoms with E-state index in [1.807, 2.05) is 42.5 Å². The second-order valence-corrected chi connectivity index (χ2v) is 7.15. The Kier molecular flexibility index (Phi) is 7.45. The maximum Gasteiger partial charge on any atom is 0.123 e. The van der Waals surface area contributed by atoms with Gasteiger partial charge < -0.3 is 14.6 Å². The van der Waals surface area contributed by atoms with E-state index in [1.54, 1.807) is 6.07 Å². The summed E-state index contributed by atoms with van der Waals surface area (Å²) >= 11 is 0. The molecular weight excluding hydrogens is 393 g/mol. The van der Waals surface area contributed by atoms with Crippen molar-refractivity contribution >= 4 is 23.2 Å². The molecule has 154 valence electrons. The van der Waals surface area contributed by atoms with Gasteiger partial charge in [0.25, 0.3) is 0 Å². The van der Waals surface area contributed by atoms with Crippen molar-refractivity contribution < 1.29 is 19.0 Å². The van der Waals surface area contributed by atoms with E-state index in [2.05, 4.69) is 11.0 Å². The predicted molar refractivity (Wildman–Crippen MR) is 114 cm³/mol. The molecule has 1 aliphatic rings. The van der Waals surface area contributed by atoms with Crippen molar-refractivity contribution in [2.24, 2.45) is 0 Å². The van der Waals surface area contributed by atoms with E-state index in [-0.39, 0.29) is 30.9 Å². The molecule has 6 heteroatoms. The Morgan fingerprint density at radius 2 is 1.90 bits per heavy atom. The molecule has 1 N–H and O–H groups in total. The molecule has 4 nitrogen and oxygen atoms in total. The molecule has 0 aromatic heterocycles. The molecule has 0 bridgehead atoms. The molecule has 0 amide bonds. The minimum absolute atomic E-state index is 0. The van der Waals surface area contributed by atoms with Crippen molar-refractivity contribution in [3.8, 4) is 5.75 Å². The molecule has 2 atom stereocenters. The number of aliphatic hydroxyl groups is 1. The predicted octanol–water partition coefficient (Wildman–Crippen LogP) is 4.21. The van der Waals surface area contributed by atoms with E-state index >= 15 is 0 Å². The zero-order valence-electron chi connectivity index (χ0n) is 16.0. The highest BCUT2D eigenvalue weighted by molar-refractivity contribution is 5.85. The van der Waals surface area contributed by atoms with Gasteiger partial charge in [-0.05, 0) is 40.6 Å². The van der Waals surface area contributed by atoms with Crippen LogP contribution in [0.25, 0.3) is 10.8 Å². The fourth-order valence-corrected chi connectivity index (χ4v) is 3.58. The number of aliphatic hydroxyl groups excluding tert-OH is 1. The molecule has 4 rings (SSSR count). The lowest BCUT2D eigenvalue weighted by Crippen LogP contribution is -2.43. The summed E-state index contributed by atoms with van der Waals surface area (Å²) in [5, 5.41) is 12.7. The van der Waals surface area contributed by atoms with Gasteiger partial charge in [-0.15, -0.1) is 12.4 Å². The third-order valence-corrected chi connectivity index (χ3v) is 5.00. The number of morpholine rings is 1. The van der Waals surface area contributed by atoms with Crippen LogP contribution in [0.5, 0.6) is 5.75 Å². The highest BCUT2D eigenvalue weighted by atomic mass is 35.5. The number of ether oxygens (including phenoxy) is 2. The largest absolute Gasteiger partial charge is 0.491 e. The maximum absolute atomic E-state index is 13.5. The first-order valence-electron chi connectivity index (χ1n) is 9.56. The van der Waals surface area contributed by atoms with E-state index in [4.69, 9.17) is 9.47 Å². The van der Waals surface area contributed by atoms with E-state index in [9.17, 15) is 9.50 Å². The number of fused-ring (bicyclic) bond motifs is 1. The molecule has 0 aliphatic carbocycles. The molecule has 0 spiro atoms. The lowest BCUT2D eigenvalue weighted by molar-refractivity contribution is -0.0460. The Morgan fingerprint density at radius 1 is 1.07 bits per heavy atom. The number of hydrogen-bond acceptors (Lipinski definition) is 4. The van der Waals surface area contributed by atoms with Gasteiger partial charge in [0.05, 0.1) is 12.7 Å². The monoisotopic (exact) mass is 417 g/mol. The number of benzene rings is 3. The quantitative estimate of drug-likeness (QED) is 0.652. The summed E-state index contributed by atoms with van der Waals surface area (Å²) in [7, 11) is 0. The van der Waals surface area contributed by atoms with Gasteiger partial charge in [0.1, 0.15) is 24.3 Å². The van der Waals surface area contributed by atoms with Crippen LogP contribution in [-0.4, -0.2) is 49.0 Å². The first kappa shape index (κ1) is 21.5. The SMILES string of the molecule is Cl.OC(COc1ccc2ccccc2c1)CN1CCOC(c2cccc(F)c2)C1. The normalized spacial score (nSPS) is 18.2. The Labute approximate surface area is 176 Å². The molecule has 3 aromatic carbocycles. The van der Waals surface area contributed by atoms with Gasteiger partial charge in [0, 0.05) is 19.6 Å². The van der Waals surface area contributed by atoms with Crippen molar-refractivity contribution in [3.63, 3.8) is 0 Å². The van der Waals surface area contributed by atoms with E-state index in [1.165, 1.54) is 12.1 Å². The molecule has 1 aliphatic heterocycles. The fraction of sp³-hybridized carbons (Fsp3) is 0.304. The van der Waals surface area contributed by atoms with Crippen molar-refractivity contribution in [1.82, 2.24) is 4.90 Å².